The van der Waals surface area contributed by atoms with Gasteiger partial charge in [0.25, 0.3) is 0 Å². The summed E-state index contributed by atoms with van der Waals surface area (Å²) in [5.41, 5.74) is 0.384. The van der Waals surface area contributed by atoms with Gasteiger partial charge in [-0.3, -0.25) is 4.57 Å². The molecule has 114 valence electrons. The zero-order valence-electron chi connectivity index (χ0n) is 10.8. The molecular formula is C13H8BrClFN3O2S. The Bertz CT molecular complexity index is 1000. The molecule has 3 rings (SSSR count). The quantitative estimate of drug-likeness (QED) is 0.666. The maximum Gasteiger partial charge on any atom is 0.240 e. The molecule has 0 amide bonds. The monoisotopic (exact) mass is 403 g/mol. The summed E-state index contributed by atoms with van der Waals surface area (Å²) >= 11 is 8.95. The number of sulfonamides is 1. The topological polar surface area (TPSA) is 78.0 Å². The number of pyridine rings is 1. The second-order valence-electron chi connectivity index (χ2n) is 4.51. The van der Waals surface area contributed by atoms with Crippen LogP contribution in [0.15, 0.2) is 46.0 Å². The van der Waals surface area contributed by atoms with Crippen LogP contribution in [0.3, 0.4) is 0 Å². The molecule has 1 aromatic carbocycles. The fourth-order valence-electron chi connectivity index (χ4n) is 2.14. The first-order chi connectivity index (χ1) is 10.3. The Morgan fingerprint density at radius 2 is 2.00 bits per heavy atom. The molecule has 0 atom stereocenters. The van der Waals surface area contributed by atoms with Gasteiger partial charge >= 0.3 is 0 Å². The molecule has 0 fully saturated rings. The summed E-state index contributed by atoms with van der Waals surface area (Å²) in [5, 5.41) is 5.76. The minimum atomic E-state index is -3.98. The number of halogens is 3. The van der Waals surface area contributed by atoms with Crippen molar-refractivity contribution in [3.05, 3.63) is 52.0 Å². The van der Waals surface area contributed by atoms with Gasteiger partial charge in [0.05, 0.1) is 5.69 Å². The van der Waals surface area contributed by atoms with Gasteiger partial charge in [0.1, 0.15) is 21.0 Å². The number of primary sulfonamides is 1. The molecule has 9 heteroatoms. The summed E-state index contributed by atoms with van der Waals surface area (Å²) in [6.45, 7) is 0. The summed E-state index contributed by atoms with van der Waals surface area (Å²) < 4.78 is 39.4. The Balaban J connectivity index is 2.41. The lowest BCUT2D eigenvalue weighted by Gasteiger charge is -2.06. The van der Waals surface area contributed by atoms with Crippen molar-refractivity contribution < 1.29 is 12.8 Å². The van der Waals surface area contributed by atoms with Gasteiger partial charge in [-0.05, 0) is 46.3 Å². The summed E-state index contributed by atoms with van der Waals surface area (Å²) in [6.07, 6.45) is 1.24. The highest BCUT2D eigenvalue weighted by atomic mass is 79.9. The van der Waals surface area contributed by atoms with Crippen LogP contribution in [0.5, 0.6) is 0 Å². The SMILES string of the molecule is NS(=O)(=O)c1cn(-c2ccc(Cl)cc2F)c2nc(Br)ccc12. The number of benzene rings is 1. The molecule has 2 N–H and O–H groups in total. The van der Waals surface area contributed by atoms with Crippen LogP contribution in [0.1, 0.15) is 0 Å². The molecule has 5 nitrogen and oxygen atoms in total. The molecule has 0 saturated carbocycles. The number of hydrogen-bond donors (Lipinski definition) is 1. The first kappa shape index (κ1) is 15.4. The van der Waals surface area contributed by atoms with E-state index in [0.717, 1.165) is 6.07 Å². The van der Waals surface area contributed by atoms with E-state index >= 15 is 0 Å². The molecule has 3 aromatic rings. The van der Waals surface area contributed by atoms with Gasteiger partial charge in [0.15, 0.2) is 0 Å². The highest BCUT2D eigenvalue weighted by Crippen LogP contribution is 2.29. The van der Waals surface area contributed by atoms with Gasteiger partial charge in [-0.25, -0.2) is 22.9 Å². The molecule has 0 aliphatic rings. The number of rotatable bonds is 2. The Hall–Kier alpha value is -1.48. The fraction of sp³-hybridized carbons (Fsp3) is 0. The van der Waals surface area contributed by atoms with Crippen molar-refractivity contribution in [1.29, 1.82) is 0 Å². The molecule has 0 saturated heterocycles. The number of nitrogens with zero attached hydrogens (tertiary/aromatic N) is 2. The number of hydrogen-bond acceptors (Lipinski definition) is 3. The summed E-state index contributed by atoms with van der Waals surface area (Å²) in [4.78, 5) is 4.08. The molecular weight excluding hydrogens is 397 g/mol. The Kier molecular flexibility index (Phi) is 3.72. The van der Waals surface area contributed by atoms with Gasteiger partial charge in [-0.2, -0.15) is 0 Å². The van der Waals surface area contributed by atoms with Crippen molar-refractivity contribution in [3.8, 4) is 5.69 Å². The van der Waals surface area contributed by atoms with Crippen molar-refractivity contribution in [2.75, 3.05) is 0 Å². The summed E-state index contributed by atoms with van der Waals surface area (Å²) in [7, 11) is -3.98. The number of nitrogens with two attached hydrogens (primary N) is 1. The van der Waals surface area contributed by atoms with Crippen molar-refractivity contribution in [2.45, 2.75) is 4.90 Å². The maximum absolute atomic E-state index is 14.1. The molecule has 0 radical (unpaired) electrons. The van der Waals surface area contributed by atoms with Gasteiger partial charge < -0.3 is 0 Å². The molecule has 0 bridgehead atoms. The van der Waals surface area contributed by atoms with E-state index in [9.17, 15) is 12.8 Å². The average Bonchev–Trinajstić information content (AvgIpc) is 2.77. The molecule has 0 unspecified atom stereocenters. The molecule has 0 aliphatic heterocycles. The predicted molar refractivity (Wildman–Crippen MR) is 85.1 cm³/mol. The van der Waals surface area contributed by atoms with Crippen LogP contribution in [0.4, 0.5) is 4.39 Å². The number of fused-ring (bicyclic) bond motifs is 1. The minimum Gasteiger partial charge on any atom is -0.297 e. The van der Waals surface area contributed by atoms with Gasteiger partial charge in [0.2, 0.25) is 10.0 Å². The molecule has 0 aliphatic carbocycles. The fourth-order valence-corrected chi connectivity index (χ4v) is 3.31. The van der Waals surface area contributed by atoms with Crippen LogP contribution >= 0.6 is 27.5 Å². The van der Waals surface area contributed by atoms with Gasteiger partial charge in [-0.15, -0.1) is 0 Å². The minimum absolute atomic E-state index is 0.120. The highest BCUT2D eigenvalue weighted by Gasteiger charge is 2.20. The van der Waals surface area contributed by atoms with Crippen molar-refractivity contribution in [2.24, 2.45) is 5.14 Å². The van der Waals surface area contributed by atoms with Crippen molar-refractivity contribution >= 4 is 48.6 Å². The number of aromatic nitrogens is 2. The van der Waals surface area contributed by atoms with Crippen LogP contribution in [-0.4, -0.2) is 18.0 Å². The standard InChI is InChI=1S/C13H8BrClFN3O2S/c14-12-4-2-8-11(22(17,20)21)6-19(13(8)18-12)10-3-1-7(15)5-9(10)16/h1-6H,(H2,17,20,21). The van der Waals surface area contributed by atoms with E-state index in [0.29, 0.717) is 9.99 Å². The van der Waals surface area contributed by atoms with E-state index in [1.165, 1.54) is 22.9 Å². The Morgan fingerprint density at radius 3 is 2.64 bits per heavy atom. The molecule has 0 spiro atoms. The first-order valence-corrected chi connectivity index (χ1v) is 8.65. The zero-order valence-corrected chi connectivity index (χ0v) is 14.0. The van der Waals surface area contributed by atoms with E-state index in [4.69, 9.17) is 16.7 Å². The summed E-state index contributed by atoms with van der Waals surface area (Å²) in [5.74, 6) is -0.604. The molecule has 2 aromatic heterocycles. The smallest absolute Gasteiger partial charge is 0.240 e. The third-order valence-electron chi connectivity index (χ3n) is 3.06. The predicted octanol–water partition coefficient (Wildman–Crippen LogP) is 3.23. The normalized spacial score (nSPS) is 12.0. The maximum atomic E-state index is 14.1. The third kappa shape index (κ3) is 2.63. The molecule has 2 heterocycles. The van der Waals surface area contributed by atoms with Crippen molar-refractivity contribution in [1.82, 2.24) is 9.55 Å². The first-order valence-electron chi connectivity index (χ1n) is 5.93. The van der Waals surface area contributed by atoms with E-state index in [1.807, 2.05) is 0 Å². The largest absolute Gasteiger partial charge is 0.297 e. The highest BCUT2D eigenvalue weighted by molar-refractivity contribution is 9.10. The third-order valence-corrected chi connectivity index (χ3v) is 4.67. The van der Waals surface area contributed by atoms with Crippen LogP contribution in [0.25, 0.3) is 16.7 Å². The van der Waals surface area contributed by atoms with Gasteiger partial charge in [-0.1, -0.05) is 11.6 Å². The van der Waals surface area contributed by atoms with E-state index < -0.39 is 15.8 Å². The van der Waals surface area contributed by atoms with Crippen LogP contribution < -0.4 is 5.14 Å². The van der Waals surface area contributed by atoms with E-state index in [2.05, 4.69) is 20.9 Å². The van der Waals surface area contributed by atoms with Crippen molar-refractivity contribution in [3.63, 3.8) is 0 Å². The van der Waals surface area contributed by atoms with Gasteiger partial charge in [0, 0.05) is 16.6 Å². The Morgan fingerprint density at radius 1 is 1.27 bits per heavy atom. The van der Waals surface area contributed by atoms with Crippen LogP contribution in [-0.2, 0) is 10.0 Å². The van der Waals surface area contributed by atoms with Crippen LogP contribution in [0.2, 0.25) is 5.02 Å². The Labute approximate surface area is 138 Å². The lowest BCUT2D eigenvalue weighted by Crippen LogP contribution is -2.11. The van der Waals surface area contributed by atoms with E-state index in [1.54, 1.807) is 12.1 Å². The zero-order chi connectivity index (χ0) is 16.1. The lowest BCUT2D eigenvalue weighted by molar-refractivity contribution is 0.598. The van der Waals surface area contributed by atoms with E-state index in [-0.39, 0.29) is 21.3 Å². The summed E-state index contributed by atoms with van der Waals surface area (Å²) in [6, 6.07) is 7.21. The second kappa shape index (κ2) is 5.31. The van der Waals surface area contributed by atoms with Crippen LogP contribution in [0, 0.1) is 5.82 Å². The second-order valence-corrected chi connectivity index (χ2v) is 7.29. The lowest BCUT2D eigenvalue weighted by atomic mass is 10.3. The average molecular weight is 405 g/mol. The molecule has 22 heavy (non-hydrogen) atoms.